The van der Waals surface area contributed by atoms with Gasteiger partial charge in [-0.2, -0.15) is 4.98 Å². The summed E-state index contributed by atoms with van der Waals surface area (Å²) in [6.45, 7) is 2.03. The Kier molecular flexibility index (Phi) is 3.74. The smallest absolute Gasteiger partial charge is 0.378 e. The Labute approximate surface area is 125 Å². The van der Waals surface area contributed by atoms with Gasteiger partial charge in [0, 0.05) is 5.38 Å². The molecular formula is C14H12N4O2S. The number of hydrogen-bond donors (Lipinski definition) is 0. The lowest BCUT2D eigenvalue weighted by Gasteiger charge is -2.02. The Balaban J connectivity index is 2.11. The van der Waals surface area contributed by atoms with Crippen LogP contribution in [0.15, 0.2) is 41.2 Å². The van der Waals surface area contributed by atoms with Crippen LogP contribution in [-0.4, -0.2) is 32.3 Å². The molecule has 3 rings (SSSR count). The monoisotopic (exact) mass is 300 g/mol. The van der Waals surface area contributed by atoms with Crippen molar-refractivity contribution < 1.29 is 9.53 Å². The standard InChI is InChI=1S/C14H12N4O2S/c1-2-20-14(19)12-16-13(11-8-21-9-15-11)18(17-12)10-6-4-3-5-7-10/h3-9H,2H2,1H3. The number of nitrogens with zero attached hydrogens (tertiary/aromatic N) is 4. The molecule has 0 radical (unpaired) electrons. The molecule has 0 atom stereocenters. The fourth-order valence-corrected chi connectivity index (χ4v) is 2.36. The van der Waals surface area contributed by atoms with Gasteiger partial charge in [0.05, 0.1) is 17.8 Å². The highest BCUT2D eigenvalue weighted by Gasteiger charge is 2.20. The molecule has 0 unspecified atom stereocenters. The summed E-state index contributed by atoms with van der Waals surface area (Å²) in [5.41, 5.74) is 3.19. The van der Waals surface area contributed by atoms with Crippen molar-refractivity contribution in [3.05, 3.63) is 47.0 Å². The summed E-state index contributed by atoms with van der Waals surface area (Å²) in [5, 5.41) is 6.11. The Hall–Kier alpha value is -2.54. The minimum Gasteiger partial charge on any atom is -0.460 e. The van der Waals surface area contributed by atoms with Gasteiger partial charge in [-0.15, -0.1) is 16.4 Å². The second kappa shape index (κ2) is 5.84. The Morgan fingerprint density at radius 3 is 2.81 bits per heavy atom. The second-order valence-corrected chi connectivity index (χ2v) is 4.82. The highest BCUT2D eigenvalue weighted by atomic mass is 32.1. The van der Waals surface area contributed by atoms with Gasteiger partial charge in [0.25, 0.3) is 5.82 Å². The predicted molar refractivity (Wildman–Crippen MR) is 78.4 cm³/mol. The molecule has 3 aromatic rings. The average Bonchev–Trinajstić information content (AvgIpc) is 3.17. The molecule has 0 amide bonds. The van der Waals surface area contributed by atoms with Gasteiger partial charge < -0.3 is 4.74 Å². The van der Waals surface area contributed by atoms with E-state index in [4.69, 9.17) is 4.74 Å². The predicted octanol–water partition coefficient (Wildman–Crippen LogP) is 2.57. The van der Waals surface area contributed by atoms with Gasteiger partial charge in [-0.1, -0.05) is 18.2 Å². The lowest BCUT2D eigenvalue weighted by Crippen LogP contribution is -2.07. The number of benzene rings is 1. The number of thiazole rings is 1. The van der Waals surface area contributed by atoms with Crippen LogP contribution in [0.3, 0.4) is 0 Å². The van der Waals surface area contributed by atoms with E-state index >= 15 is 0 Å². The molecule has 6 nitrogen and oxygen atoms in total. The van der Waals surface area contributed by atoms with Gasteiger partial charge in [-0.05, 0) is 19.1 Å². The van der Waals surface area contributed by atoms with Gasteiger partial charge in [-0.3, -0.25) is 0 Å². The molecule has 0 fully saturated rings. The maximum atomic E-state index is 11.8. The third-order valence-electron chi connectivity index (χ3n) is 2.73. The third kappa shape index (κ3) is 2.68. The van der Waals surface area contributed by atoms with E-state index in [1.165, 1.54) is 11.3 Å². The molecule has 0 bridgehead atoms. The number of carbonyl (C=O) groups is 1. The van der Waals surface area contributed by atoms with Gasteiger partial charge in [0.15, 0.2) is 5.82 Å². The number of esters is 1. The maximum Gasteiger partial charge on any atom is 0.378 e. The first-order valence-corrected chi connectivity index (χ1v) is 7.32. The van der Waals surface area contributed by atoms with Crippen LogP contribution in [-0.2, 0) is 4.74 Å². The minimum absolute atomic E-state index is 0.0312. The van der Waals surface area contributed by atoms with E-state index in [1.807, 2.05) is 35.7 Å². The van der Waals surface area contributed by atoms with Gasteiger partial charge in [-0.25, -0.2) is 14.5 Å². The normalized spacial score (nSPS) is 10.5. The summed E-state index contributed by atoms with van der Waals surface area (Å²) in [6, 6.07) is 9.48. The molecule has 0 saturated carbocycles. The van der Waals surface area contributed by atoms with Gasteiger partial charge in [0.1, 0.15) is 5.69 Å². The summed E-state index contributed by atoms with van der Waals surface area (Å²) in [6.07, 6.45) is 0. The molecule has 21 heavy (non-hydrogen) atoms. The summed E-state index contributed by atoms with van der Waals surface area (Å²) < 4.78 is 6.55. The second-order valence-electron chi connectivity index (χ2n) is 4.10. The Morgan fingerprint density at radius 2 is 2.14 bits per heavy atom. The van der Waals surface area contributed by atoms with Crippen LogP contribution >= 0.6 is 11.3 Å². The number of rotatable bonds is 4. The highest BCUT2D eigenvalue weighted by molar-refractivity contribution is 7.07. The van der Waals surface area contributed by atoms with E-state index in [0.29, 0.717) is 11.5 Å². The molecule has 0 N–H and O–H groups in total. The van der Waals surface area contributed by atoms with Gasteiger partial charge in [0.2, 0.25) is 0 Å². The van der Waals surface area contributed by atoms with Crippen molar-refractivity contribution in [2.75, 3.05) is 6.61 Å². The number of hydrogen-bond acceptors (Lipinski definition) is 6. The van der Waals surface area contributed by atoms with Crippen LogP contribution in [0.4, 0.5) is 0 Å². The molecule has 7 heteroatoms. The summed E-state index contributed by atoms with van der Waals surface area (Å²) >= 11 is 1.46. The Morgan fingerprint density at radius 1 is 1.33 bits per heavy atom. The largest absolute Gasteiger partial charge is 0.460 e. The first-order valence-electron chi connectivity index (χ1n) is 6.37. The van der Waals surface area contributed by atoms with Crippen molar-refractivity contribution in [3.8, 4) is 17.2 Å². The zero-order valence-electron chi connectivity index (χ0n) is 11.3. The van der Waals surface area contributed by atoms with E-state index in [-0.39, 0.29) is 12.4 Å². The molecule has 0 aliphatic carbocycles. The lowest BCUT2D eigenvalue weighted by molar-refractivity contribution is 0.0512. The SMILES string of the molecule is CCOC(=O)c1nc(-c2cscn2)n(-c2ccccc2)n1. The molecule has 106 valence electrons. The van der Waals surface area contributed by atoms with Crippen molar-refractivity contribution >= 4 is 17.3 Å². The van der Waals surface area contributed by atoms with E-state index in [1.54, 1.807) is 17.1 Å². The summed E-state index contributed by atoms with van der Waals surface area (Å²) in [7, 11) is 0. The van der Waals surface area contributed by atoms with Crippen LogP contribution in [0.1, 0.15) is 17.5 Å². The number of carbonyl (C=O) groups excluding carboxylic acids is 1. The summed E-state index contributed by atoms with van der Waals surface area (Å²) in [5.74, 6) is 0.0119. The zero-order valence-corrected chi connectivity index (χ0v) is 12.1. The van der Waals surface area contributed by atoms with Crippen LogP contribution in [0.5, 0.6) is 0 Å². The number of ether oxygens (including phenoxy) is 1. The fourth-order valence-electron chi connectivity index (χ4n) is 1.83. The van der Waals surface area contributed by atoms with Crippen LogP contribution in [0.25, 0.3) is 17.2 Å². The van der Waals surface area contributed by atoms with Crippen molar-refractivity contribution in [2.45, 2.75) is 6.92 Å². The fraction of sp³-hybridized carbons (Fsp3) is 0.143. The minimum atomic E-state index is -0.538. The van der Waals surface area contributed by atoms with Crippen LogP contribution in [0, 0.1) is 0 Å². The molecular weight excluding hydrogens is 288 g/mol. The molecule has 2 aromatic heterocycles. The van der Waals surface area contributed by atoms with E-state index in [2.05, 4.69) is 15.1 Å². The van der Waals surface area contributed by atoms with Crippen molar-refractivity contribution in [1.82, 2.24) is 19.7 Å². The third-order valence-corrected chi connectivity index (χ3v) is 3.31. The van der Waals surface area contributed by atoms with Crippen LogP contribution < -0.4 is 0 Å². The maximum absolute atomic E-state index is 11.8. The number of para-hydroxylation sites is 1. The molecule has 0 aliphatic rings. The quantitative estimate of drug-likeness (QED) is 0.693. The van der Waals surface area contributed by atoms with E-state index in [9.17, 15) is 4.79 Å². The summed E-state index contributed by atoms with van der Waals surface area (Å²) in [4.78, 5) is 20.3. The van der Waals surface area contributed by atoms with E-state index in [0.717, 1.165) is 5.69 Å². The molecule has 1 aromatic carbocycles. The lowest BCUT2D eigenvalue weighted by atomic mass is 10.3. The first kappa shape index (κ1) is 13.4. The van der Waals surface area contributed by atoms with Crippen LogP contribution in [0.2, 0.25) is 0 Å². The Bertz CT molecular complexity index is 738. The molecule has 2 heterocycles. The van der Waals surface area contributed by atoms with Crippen molar-refractivity contribution in [2.24, 2.45) is 0 Å². The molecule has 0 aliphatic heterocycles. The first-order chi connectivity index (χ1) is 10.3. The zero-order chi connectivity index (χ0) is 14.7. The average molecular weight is 300 g/mol. The molecule has 0 saturated heterocycles. The van der Waals surface area contributed by atoms with Gasteiger partial charge >= 0.3 is 5.97 Å². The number of aromatic nitrogens is 4. The van der Waals surface area contributed by atoms with Crippen molar-refractivity contribution in [1.29, 1.82) is 0 Å². The topological polar surface area (TPSA) is 69.9 Å². The van der Waals surface area contributed by atoms with Crippen molar-refractivity contribution in [3.63, 3.8) is 0 Å². The highest BCUT2D eigenvalue weighted by Crippen LogP contribution is 2.21. The molecule has 0 spiro atoms. The van der Waals surface area contributed by atoms with E-state index < -0.39 is 5.97 Å².